The highest BCUT2D eigenvalue weighted by atomic mass is 35.5. The van der Waals surface area contributed by atoms with Crippen molar-refractivity contribution in [1.29, 1.82) is 0 Å². The number of hydrogen-bond donors (Lipinski definition) is 2. The van der Waals surface area contributed by atoms with Crippen molar-refractivity contribution < 1.29 is 55.6 Å². The third-order valence-electron chi connectivity index (χ3n) is 5.16. The van der Waals surface area contributed by atoms with Gasteiger partial charge in [-0.15, -0.1) is 0 Å². The van der Waals surface area contributed by atoms with E-state index in [-0.39, 0.29) is 6.10 Å². The van der Waals surface area contributed by atoms with Crippen LogP contribution in [0.25, 0.3) is 0 Å². The summed E-state index contributed by atoms with van der Waals surface area (Å²) in [4.78, 5) is 32.8. The van der Waals surface area contributed by atoms with Crippen molar-refractivity contribution in [3.05, 3.63) is 41.4 Å². The number of fused-ring (bicyclic) bond motifs is 1. The normalized spacial score (nSPS) is 20.4. The molecule has 4 rings (SSSR count). The third-order valence-corrected chi connectivity index (χ3v) is 5.36. The third kappa shape index (κ3) is 9.48. The van der Waals surface area contributed by atoms with Gasteiger partial charge >= 0.3 is 24.3 Å². The maximum Gasteiger partial charge on any atom is 0.490 e. The van der Waals surface area contributed by atoms with Crippen LogP contribution in [0.2, 0.25) is 5.02 Å². The van der Waals surface area contributed by atoms with Crippen LogP contribution in [-0.2, 0) is 14.3 Å². The van der Waals surface area contributed by atoms with E-state index in [1.54, 1.807) is 18.6 Å². The highest BCUT2D eigenvalue weighted by molar-refractivity contribution is 6.30. The fraction of sp³-hybridized carbons (Fsp3) is 0.476. The van der Waals surface area contributed by atoms with Gasteiger partial charge < -0.3 is 24.6 Å². The number of ether oxygens (including phenoxy) is 2. The summed E-state index contributed by atoms with van der Waals surface area (Å²) in [6.07, 6.45) is -4.92. The van der Waals surface area contributed by atoms with E-state index < -0.39 is 24.3 Å². The molecule has 2 fully saturated rings. The van der Waals surface area contributed by atoms with E-state index in [1.165, 1.54) is 0 Å². The van der Waals surface area contributed by atoms with Crippen LogP contribution in [0.3, 0.4) is 0 Å². The molecule has 17 heteroatoms. The standard InChI is InChI=1S/C17H19ClN4O2.2C2HF3O2/c1-11-2-3-14(6-19-11)23-9-12-10-24-16-8-22(7-15(12)16)17-20-4-13(18)5-21-17;2*3-2(4,5)1(6)7/h2-6,12,15-16H,7-10H2,1H3;2*(H,6,7)/t12-,15-,16-;;/m1../s1. The lowest BCUT2D eigenvalue weighted by atomic mass is 9.94. The number of aliphatic carboxylic acids is 2. The molecule has 0 unspecified atom stereocenters. The van der Waals surface area contributed by atoms with Crippen LogP contribution in [0, 0.1) is 18.8 Å². The minimum absolute atomic E-state index is 0.217. The number of aromatic nitrogens is 3. The zero-order valence-electron chi connectivity index (χ0n) is 19.4. The second-order valence-corrected chi connectivity index (χ2v) is 8.39. The molecule has 0 amide bonds. The zero-order valence-corrected chi connectivity index (χ0v) is 20.2. The number of hydrogen-bond acceptors (Lipinski definition) is 8. The second-order valence-electron chi connectivity index (χ2n) is 7.95. The summed E-state index contributed by atoms with van der Waals surface area (Å²) in [6, 6.07) is 3.91. The summed E-state index contributed by atoms with van der Waals surface area (Å²) >= 11 is 5.86. The van der Waals surface area contributed by atoms with Gasteiger partial charge in [0.2, 0.25) is 5.95 Å². The van der Waals surface area contributed by atoms with E-state index in [0.717, 1.165) is 31.1 Å². The summed E-state index contributed by atoms with van der Waals surface area (Å²) in [6.45, 7) is 5.04. The summed E-state index contributed by atoms with van der Waals surface area (Å²) in [5.41, 5.74) is 0.987. The fourth-order valence-corrected chi connectivity index (χ4v) is 3.44. The minimum atomic E-state index is -5.08. The van der Waals surface area contributed by atoms with E-state index in [0.29, 0.717) is 29.4 Å². The highest BCUT2D eigenvalue weighted by Gasteiger charge is 2.45. The Hall–Kier alpha value is -3.40. The average molecular weight is 575 g/mol. The molecule has 10 nitrogen and oxygen atoms in total. The molecule has 0 aliphatic carbocycles. The number of anilines is 1. The number of alkyl halides is 6. The number of carboxylic acids is 2. The lowest BCUT2D eigenvalue weighted by molar-refractivity contribution is -0.193. The Morgan fingerprint density at radius 3 is 2.05 bits per heavy atom. The van der Waals surface area contributed by atoms with Crippen molar-refractivity contribution in [3.63, 3.8) is 0 Å². The van der Waals surface area contributed by atoms with Gasteiger partial charge in [-0.3, -0.25) is 4.98 Å². The molecule has 3 atom stereocenters. The molecule has 0 spiro atoms. The largest absolute Gasteiger partial charge is 0.492 e. The quantitative estimate of drug-likeness (QED) is 0.521. The van der Waals surface area contributed by atoms with Crippen LogP contribution in [0.4, 0.5) is 32.3 Å². The maximum absolute atomic E-state index is 10.6. The summed E-state index contributed by atoms with van der Waals surface area (Å²) in [5, 5.41) is 14.8. The maximum atomic E-state index is 10.6. The van der Waals surface area contributed by atoms with E-state index >= 15 is 0 Å². The molecule has 2 aromatic heterocycles. The van der Waals surface area contributed by atoms with Crippen molar-refractivity contribution in [2.45, 2.75) is 25.4 Å². The Kier molecular flexibility index (Phi) is 10.5. The van der Waals surface area contributed by atoms with E-state index in [1.807, 2.05) is 19.1 Å². The van der Waals surface area contributed by atoms with Crippen molar-refractivity contribution in [3.8, 4) is 5.75 Å². The predicted molar refractivity (Wildman–Crippen MR) is 118 cm³/mol. The Labute approximate surface area is 216 Å². The Balaban J connectivity index is 0.000000301. The van der Waals surface area contributed by atoms with Gasteiger partial charge in [0.25, 0.3) is 0 Å². The SMILES string of the molecule is Cc1ccc(OC[C@@H]2CO[C@@H]3CN(c4ncc(Cl)cn4)C[C@H]23)cn1.O=C(O)C(F)(F)F.O=C(O)C(F)(F)F. The number of aryl methyl sites for hydroxylation is 1. The second kappa shape index (κ2) is 12.9. The van der Waals surface area contributed by atoms with Gasteiger partial charge in [-0.05, 0) is 19.1 Å². The van der Waals surface area contributed by atoms with Gasteiger partial charge in [0.1, 0.15) is 5.75 Å². The first-order valence-corrected chi connectivity index (χ1v) is 11.0. The summed E-state index contributed by atoms with van der Waals surface area (Å²) < 4.78 is 75.3. The smallest absolute Gasteiger partial charge is 0.490 e. The summed E-state index contributed by atoms with van der Waals surface area (Å²) in [7, 11) is 0. The van der Waals surface area contributed by atoms with Crippen LogP contribution < -0.4 is 9.64 Å². The number of carbonyl (C=O) groups is 2. The first-order chi connectivity index (χ1) is 17.6. The van der Waals surface area contributed by atoms with Gasteiger partial charge in [-0.25, -0.2) is 19.6 Å². The van der Waals surface area contributed by atoms with E-state index in [9.17, 15) is 26.3 Å². The number of rotatable bonds is 4. The molecular weight excluding hydrogens is 554 g/mol. The molecule has 2 saturated heterocycles. The van der Waals surface area contributed by atoms with Crippen LogP contribution in [0.5, 0.6) is 5.75 Å². The first-order valence-electron chi connectivity index (χ1n) is 10.6. The highest BCUT2D eigenvalue weighted by Crippen LogP contribution is 2.35. The monoisotopic (exact) mass is 574 g/mol. The van der Waals surface area contributed by atoms with Crippen molar-refractivity contribution in [2.75, 3.05) is 31.2 Å². The molecule has 2 aliphatic rings. The summed E-state index contributed by atoms with van der Waals surface area (Å²) in [5.74, 6) is -3.20. The van der Waals surface area contributed by atoms with Crippen molar-refractivity contribution in [1.82, 2.24) is 15.0 Å². The molecule has 2 aromatic rings. The molecular formula is C21H21ClF6N4O6. The minimum Gasteiger partial charge on any atom is -0.492 e. The predicted octanol–water partition coefficient (Wildman–Crippen LogP) is 3.63. The van der Waals surface area contributed by atoms with Crippen LogP contribution >= 0.6 is 11.6 Å². The Morgan fingerprint density at radius 2 is 1.58 bits per heavy atom. The van der Waals surface area contributed by atoms with E-state index in [2.05, 4.69) is 19.9 Å². The topological polar surface area (TPSA) is 135 Å². The van der Waals surface area contributed by atoms with Gasteiger partial charge in [-0.2, -0.15) is 26.3 Å². The molecule has 4 heterocycles. The van der Waals surface area contributed by atoms with Gasteiger partial charge in [0, 0.05) is 30.6 Å². The molecule has 0 bridgehead atoms. The average Bonchev–Trinajstić information content (AvgIpc) is 3.40. The molecule has 210 valence electrons. The number of nitrogens with zero attached hydrogens (tertiary/aromatic N) is 4. The lowest BCUT2D eigenvalue weighted by Gasteiger charge is -2.20. The molecule has 0 saturated carbocycles. The number of pyridine rings is 1. The molecule has 2 N–H and O–H groups in total. The number of carboxylic acid groups (broad SMARTS) is 2. The number of halogens is 7. The molecule has 0 aromatic carbocycles. The van der Waals surface area contributed by atoms with Crippen molar-refractivity contribution >= 4 is 29.5 Å². The Morgan fingerprint density at radius 1 is 1.03 bits per heavy atom. The van der Waals surface area contributed by atoms with Gasteiger partial charge in [0.15, 0.2) is 0 Å². The van der Waals surface area contributed by atoms with E-state index in [4.69, 9.17) is 40.9 Å². The lowest BCUT2D eigenvalue weighted by Crippen LogP contribution is -2.27. The van der Waals surface area contributed by atoms with Crippen LogP contribution in [0.1, 0.15) is 5.69 Å². The first kappa shape index (κ1) is 30.8. The fourth-order valence-electron chi connectivity index (χ4n) is 3.35. The Bertz CT molecular complexity index is 1050. The molecule has 0 radical (unpaired) electrons. The zero-order chi connectivity index (χ0) is 28.7. The van der Waals surface area contributed by atoms with Crippen LogP contribution in [0.15, 0.2) is 30.7 Å². The molecule has 38 heavy (non-hydrogen) atoms. The van der Waals surface area contributed by atoms with Crippen LogP contribution in [-0.4, -0.2) is 81.9 Å². The van der Waals surface area contributed by atoms with Crippen molar-refractivity contribution in [2.24, 2.45) is 11.8 Å². The van der Waals surface area contributed by atoms with Gasteiger partial charge in [0.05, 0.1) is 42.9 Å². The van der Waals surface area contributed by atoms with Gasteiger partial charge in [-0.1, -0.05) is 11.6 Å². The molecule has 2 aliphatic heterocycles.